The van der Waals surface area contributed by atoms with Gasteiger partial charge in [0.05, 0.1) is 16.5 Å². The van der Waals surface area contributed by atoms with E-state index in [1.54, 1.807) is 16.4 Å². The second-order valence-corrected chi connectivity index (χ2v) is 9.63. The van der Waals surface area contributed by atoms with Gasteiger partial charge in [0.2, 0.25) is 15.9 Å². The van der Waals surface area contributed by atoms with E-state index in [9.17, 15) is 13.2 Å². The van der Waals surface area contributed by atoms with Crippen molar-refractivity contribution in [2.24, 2.45) is 0 Å². The van der Waals surface area contributed by atoms with Gasteiger partial charge in [-0.25, -0.2) is 8.42 Å². The van der Waals surface area contributed by atoms with E-state index in [0.717, 1.165) is 48.2 Å². The zero-order valence-electron chi connectivity index (χ0n) is 15.3. The Hall–Kier alpha value is -2.18. The van der Waals surface area contributed by atoms with Crippen LogP contribution in [-0.4, -0.2) is 31.7 Å². The maximum atomic E-state index is 13.4. The summed E-state index contributed by atoms with van der Waals surface area (Å²) in [4.78, 5) is 14.7. The van der Waals surface area contributed by atoms with Crippen LogP contribution in [0.2, 0.25) is 0 Å². The van der Waals surface area contributed by atoms with Crippen LogP contribution in [0.4, 0.5) is 5.69 Å². The van der Waals surface area contributed by atoms with Crippen LogP contribution in [0, 0.1) is 0 Å². The lowest BCUT2D eigenvalue weighted by Gasteiger charge is -2.29. The minimum Gasteiger partial charge on any atom is -0.311 e. The Morgan fingerprint density at radius 2 is 1.78 bits per heavy atom. The minimum absolute atomic E-state index is 0.0902. The number of amides is 1. The van der Waals surface area contributed by atoms with Gasteiger partial charge in [-0.05, 0) is 60.6 Å². The third kappa shape index (κ3) is 2.47. The average molecular weight is 382 g/mol. The molecule has 0 bridgehead atoms. The number of sulfonamides is 1. The van der Waals surface area contributed by atoms with Crippen molar-refractivity contribution in [2.75, 3.05) is 18.0 Å². The van der Waals surface area contributed by atoms with Crippen molar-refractivity contribution in [1.29, 1.82) is 0 Å². The van der Waals surface area contributed by atoms with Crippen molar-refractivity contribution in [3.8, 4) is 0 Å². The lowest BCUT2D eigenvalue weighted by molar-refractivity contribution is -0.119. The fourth-order valence-electron chi connectivity index (χ4n) is 4.64. The van der Waals surface area contributed by atoms with Gasteiger partial charge >= 0.3 is 0 Å². The zero-order valence-corrected chi connectivity index (χ0v) is 16.1. The first kappa shape index (κ1) is 17.0. The van der Waals surface area contributed by atoms with Crippen LogP contribution in [0.3, 0.4) is 0 Å². The van der Waals surface area contributed by atoms with Gasteiger partial charge in [0.25, 0.3) is 0 Å². The average Bonchev–Trinajstić information content (AvgIpc) is 2.94. The Balaban J connectivity index is 1.57. The second-order valence-electron chi connectivity index (χ2n) is 7.69. The summed E-state index contributed by atoms with van der Waals surface area (Å²) in [6.07, 6.45) is 2.44. The topological polar surface area (TPSA) is 57.7 Å². The van der Waals surface area contributed by atoms with Gasteiger partial charge in [0.1, 0.15) is 0 Å². The molecule has 3 aliphatic rings. The summed E-state index contributed by atoms with van der Waals surface area (Å²) in [7, 11) is -3.59. The lowest BCUT2D eigenvalue weighted by Crippen LogP contribution is -2.36. The predicted octanol–water partition coefficient (Wildman–Crippen LogP) is 2.83. The van der Waals surface area contributed by atoms with Crippen molar-refractivity contribution in [3.63, 3.8) is 0 Å². The van der Waals surface area contributed by atoms with Crippen LogP contribution >= 0.6 is 0 Å². The molecule has 6 heteroatoms. The number of hydrogen-bond acceptors (Lipinski definition) is 3. The van der Waals surface area contributed by atoms with Crippen LogP contribution in [-0.2, 0) is 34.2 Å². The van der Waals surface area contributed by atoms with Gasteiger partial charge in [-0.1, -0.05) is 24.3 Å². The number of carbonyl (C=O) groups excluding carboxylic acids is 1. The van der Waals surface area contributed by atoms with E-state index in [1.165, 1.54) is 5.56 Å². The molecule has 2 aromatic carbocycles. The minimum atomic E-state index is -3.59. The monoisotopic (exact) mass is 382 g/mol. The van der Waals surface area contributed by atoms with Gasteiger partial charge in [-0.3, -0.25) is 4.79 Å². The zero-order chi connectivity index (χ0) is 18.8. The number of nitrogens with zero attached hydrogens (tertiary/aromatic N) is 2. The molecule has 0 radical (unpaired) electrons. The fourth-order valence-corrected chi connectivity index (χ4v) is 6.14. The maximum Gasteiger partial charge on any atom is 0.243 e. The molecule has 27 heavy (non-hydrogen) atoms. The van der Waals surface area contributed by atoms with E-state index in [1.807, 2.05) is 30.0 Å². The Labute approximate surface area is 159 Å². The Bertz CT molecular complexity index is 1060. The molecule has 2 aromatic rings. The number of rotatable bonds is 2. The van der Waals surface area contributed by atoms with Crippen molar-refractivity contribution in [1.82, 2.24) is 4.31 Å². The molecule has 0 aromatic heterocycles. The predicted molar refractivity (Wildman–Crippen MR) is 103 cm³/mol. The summed E-state index contributed by atoms with van der Waals surface area (Å²) in [5.41, 5.74) is 5.12. The van der Waals surface area contributed by atoms with Crippen LogP contribution in [0.1, 0.15) is 41.5 Å². The molecule has 0 saturated heterocycles. The van der Waals surface area contributed by atoms with Crippen LogP contribution in [0.5, 0.6) is 0 Å². The summed E-state index contributed by atoms with van der Waals surface area (Å²) in [6.45, 7) is 3.51. The summed E-state index contributed by atoms with van der Waals surface area (Å²) in [6, 6.07) is 11.6. The highest BCUT2D eigenvalue weighted by Crippen LogP contribution is 2.44. The van der Waals surface area contributed by atoms with Crippen LogP contribution in [0.15, 0.2) is 41.3 Å². The summed E-state index contributed by atoms with van der Waals surface area (Å²) in [5.74, 6) is -0.179. The highest BCUT2D eigenvalue weighted by molar-refractivity contribution is 7.89. The second kappa shape index (κ2) is 5.91. The molecule has 0 N–H and O–H groups in total. The highest BCUT2D eigenvalue weighted by Gasteiger charge is 2.39. The molecule has 140 valence electrons. The Morgan fingerprint density at radius 1 is 1.00 bits per heavy atom. The molecule has 1 amide bonds. The fraction of sp³-hybridized carbons (Fsp3) is 0.381. The first-order valence-corrected chi connectivity index (χ1v) is 11.0. The van der Waals surface area contributed by atoms with Gasteiger partial charge in [0, 0.05) is 19.6 Å². The van der Waals surface area contributed by atoms with E-state index in [0.29, 0.717) is 18.0 Å². The third-order valence-electron chi connectivity index (χ3n) is 6.13. The van der Waals surface area contributed by atoms with Crippen molar-refractivity contribution < 1.29 is 13.2 Å². The first-order chi connectivity index (χ1) is 13.0. The van der Waals surface area contributed by atoms with Crippen molar-refractivity contribution in [2.45, 2.75) is 43.5 Å². The van der Waals surface area contributed by atoms with E-state index < -0.39 is 10.0 Å². The van der Waals surface area contributed by atoms with Crippen LogP contribution < -0.4 is 4.90 Å². The van der Waals surface area contributed by atoms with Gasteiger partial charge < -0.3 is 4.90 Å². The number of carbonyl (C=O) groups is 1. The van der Waals surface area contributed by atoms with E-state index in [2.05, 4.69) is 6.07 Å². The highest BCUT2D eigenvalue weighted by atomic mass is 32.2. The van der Waals surface area contributed by atoms with E-state index in [-0.39, 0.29) is 11.8 Å². The molecular formula is C21H22N2O3S. The van der Waals surface area contributed by atoms with E-state index >= 15 is 0 Å². The quantitative estimate of drug-likeness (QED) is 0.803. The maximum absolute atomic E-state index is 13.4. The van der Waals surface area contributed by atoms with Gasteiger partial charge in [0.15, 0.2) is 0 Å². The number of aryl methyl sites for hydroxylation is 1. The summed E-state index contributed by atoms with van der Waals surface area (Å²) in [5, 5.41) is 0. The standard InChI is InChI=1S/C21H22N2O3S/c1-14-19-12-18(11-16-7-4-9-23(20(16)19)21(14)24)27(25,26)22-10-8-15-5-2-3-6-17(15)13-22/h2-3,5-6,11-12,14H,4,7-10,13H2,1H3. The lowest BCUT2D eigenvalue weighted by atomic mass is 9.97. The number of fused-ring (bicyclic) bond motifs is 1. The number of anilines is 1. The number of benzene rings is 2. The Morgan fingerprint density at radius 3 is 2.59 bits per heavy atom. The largest absolute Gasteiger partial charge is 0.311 e. The molecule has 5 nitrogen and oxygen atoms in total. The molecular weight excluding hydrogens is 360 g/mol. The molecule has 1 unspecified atom stereocenters. The molecule has 0 fully saturated rings. The molecule has 5 rings (SSSR count). The van der Waals surface area contributed by atoms with Gasteiger partial charge in [-0.15, -0.1) is 0 Å². The van der Waals surface area contributed by atoms with Crippen LogP contribution in [0.25, 0.3) is 0 Å². The van der Waals surface area contributed by atoms with E-state index in [4.69, 9.17) is 0 Å². The summed E-state index contributed by atoms with van der Waals surface area (Å²) >= 11 is 0. The molecule has 0 spiro atoms. The first-order valence-electron chi connectivity index (χ1n) is 9.52. The Kier molecular flexibility index (Phi) is 3.71. The smallest absolute Gasteiger partial charge is 0.243 e. The molecule has 3 heterocycles. The summed E-state index contributed by atoms with van der Waals surface area (Å²) < 4.78 is 28.3. The number of hydrogen-bond donors (Lipinski definition) is 0. The SMILES string of the molecule is CC1C(=O)N2CCCc3cc(S(=O)(=O)N4CCc5ccccc5C4)cc1c32. The van der Waals surface area contributed by atoms with Crippen molar-refractivity contribution >= 4 is 21.6 Å². The normalized spacial score (nSPS) is 21.9. The third-order valence-corrected chi connectivity index (χ3v) is 7.95. The molecule has 1 atom stereocenters. The molecule has 3 aliphatic heterocycles. The molecule has 0 saturated carbocycles. The van der Waals surface area contributed by atoms with Crippen molar-refractivity contribution in [3.05, 3.63) is 58.7 Å². The van der Waals surface area contributed by atoms with Gasteiger partial charge in [-0.2, -0.15) is 4.31 Å². The molecule has 0 aliphatic carbocycles.